The zero-order valence-electron chi connectivity index (χ0n) is 12.3. The van der Waals surface area contributed by atoms with Crippen molar-refractivity contribution in [3.63, 3.8) is 0 Å². The molecule has 2 aromatic rings. The Kier molecular flexibility index (Phi) is 4.77. The fourth-order valence-corrected chi connectivity index (χ4v) is 1.70. The number of hydrogen-bond acceptors (Lipinski definition) is 4. The lowest BCUT2D eigenvalue weighted by Crippen LogP contribution is -2.17. The summed E-state index contributed by atoms with van der Waals surface area (Å²) in [7, 11) is 0. The minimum Gasteiger partial charge on any atom is -0.491 e. The van der Waals surface area contributed by atoms with Crippen molar-refractivity contribution < 1.29 is 13.9 Å². The summed E-state index contributed by atoms with van der Waals surface area (Å²) in [6.07, 6.45) is 1.56. The number of ether oxygens (including phenoxy) is 1. The van der Waals surface area contributed by atoms with Crippen molar-refractivity contribution in [3.8, 4) is 5.75 Å². The second-order valence-corrected chi connectivity index (χ2v) is 4.84. The predicted octanol–water partition coefficient (Wildman–Crippen LogP) is 3.14. The number of furan rings is 1. The van der Waals surface area contributed by atoms with Gasteiger partial charge < -0.3 is 9.15 Å². The summed E-state index contributed by atoms with van der Waals surface area (Å²) >= 11 is 0. The highest BCUT2D eigenvalue weighted by atomic mass is 16.5. The number of hydrazone groups is 1. The van der Waals surface area contributed by atoms with Gasteiger partial charge in [-0.25, -0.2) is 5.43 Å². The fraction of sp³-hybridized carbons (Fsp3) is 0.250. The van der Waals surface area contributed by atoms with Crippen molar-refractivity contribution in [2.45, 2.75) is 26.9 Å². The predicted molar refractivity (Wildman–Crippen MR) is 80.7 cm³/mol. The Bertz CT molecular complexity index is 627. The average molecular weight is 286 g/mol. The molecule has 1 amide bonds. The van der Waals surface area contributed by atoms with E-state index < -0.39 is 0 Å². The number of nitrogens with zero attached hydrogens (tertiary/aromatic N) is 1. The maximum absolute atomic E-state index is 11.9. The number of hydrogen-bond donors (Lipinski definition) is 1. The van der Waals surface area contributed by atoms with Crippen LogP contribution in [0.25, 0.3) is 0 Å². The van der Waals surface area contributed by atoms with Crippen LogP contribution in [-0.2, 0) is 0 Å². The number of rotatable bonds is 5. The van der Waals surface area contributed by atoms with E-state index in [0.717, 1.165) is 11.5 Å². The van der Waals surface area contributed by atoms with Crippen LogP contribution in [0.1, 0.15) is 35.7 Å². The molecule has 1 heterocycles. The lowest BCUT2D eigenvalue weighted by atomic mass is 10.2. The first kappa shape index (κ1) is 14.8. The zero-order valence-corrected chi connectivity index (χ0v) is 12.3. The van der Waals surface area contributed by atoms with E-state index in [-0.39, 0.29) is 12.0 Å². The molecule has 0 aliphatic carbocycles. The van der Waals surface area contributed by atoms with Crippen LogP contribution in [0.4, 0.5) is 0 Å². The Morgan fingerprint density at radius 2 is 1.95 bits per heavy atom. The Labute approximate surface area is 123 Å². The van der Waals surface area contributed by atoms with Gasteiger partial charge in [0.2, 0.25) is 0 Å². The van der Waals surface area contributed by atoms with E-state index >= 15 is 0 Å². The van der Waals surface area contributed by atoms with Crippen LogP contribution >= 0.6 is 0 Å². The van der Waals surface area contributed by atoms with E-state index in [4.69, 9.17) is 9.15 Å². The normalized spacial score (nSPS) is 11.0. The summed E-state index contributed by atoms with van der Waals surface area (Å²) in [6.45, 7) is 5.74. The molecule has 0 atom stereocenters. The van der Waals surface area contributed by atoms with Crippen molar-refractivity contribution in [1.82, 2.24) is 5.43 Å². The summed E-state index contributed by atoms with van der Waals surface area (Å²) in [6, 6.07) is 10.5. The zero-order chi connectivity index (χ0) is 15.2. The monoisotopic (exact) mass is 286 g/mol. The standard InChI is InChI=1S/C16H18N2O3/c1-11(2)20-14-8-5-13(6-9-14)16(19)18-17-10-15-7-4-12(3)21-15/h4-11H,1-3H3,(H,18,19)/b17-10-. The number of aryl methyl sites for hydroxylation is 1. The second-order valence-electron chi connectivity index (χ2n) is 4.84. The molecular weight excluding hydrogens is 268 g/mol. The molecule has 0 saturated carbocycles. The Balaban J connectivity index is 1.92. The van der Waals surface area contributed by atoms with E-state index in [9.17, 15) is 4.79 Å². The van der Waals surface area contributed by atoms with Crippen molar-refractivity contribution in [2.24, 2.45) is 5.10 Å². The quantitative estimate of drug-likeness (QED) is 0.678. The van der Waals surface area contributed by atoms with Crippen LogP contribution in [0.5, 0.6) is 5.75 Å². The van der Waals surface area contributed by atoms with Crippen molar-refractivity contribution in [3.05, 3.63) is 53.5 Å². The van der Waals surface area contributed by atoms with Crippen LogP contribution in [0.3, 0.4) is 0 Å². The first-order chi connectivity index (χ1) is 10.0. The molecule has 0 spiro atoms. The van der Waals surface area contributed by atoms with Crippen molar-refractivity contribution in [2.75, 3.05) is 0 Å². The highest BCUT2D eigenvalue weighted by Gasteiger charge is 2.05. The van der Waals surface area contributed by atoms with Gasteiger partial charge in [0.15, 0.2) is 0 Å². The van der Waals surface area contributed by atoms with Gasteiger partial charge in [-0.15, -0.1) is 0 Å². The highest BCUT2D eigenvalue weighted by molar-refractivity contribution is 5.94. The van der Waals surface area contributed by atoms with Gasteiger partial charge in [-0.3, -0.25) is 4.79 Å². The molecule has 21 heavy (non-hydrogen) atoms. The van der Waals surface area contributed by atoms with Gasteiger partial charge in [0.25, 0.3) is 5.91 Å². The molecule has 0 radical (unpaired) electrons. The third kappa shape index (κ3) is 4.49. The second kappa shape index (κ2) is 6.74. The minimum atomic E-state index is -0.286. The molecule has 1 N–H and O–H groups in total. The number of amides is 1. The third-order valence-corrected chi connectivity index (χ3v) is 2.61. The van der Waals surface area contributed by atoms with E-state index in [1.807, 2.05) is 26.8 Å². The number of nitrogens with one attached hydrogen (secondary N) is 1. The van der Waals surface area contributed by atoms with Crippen molar-refractivity contribution >= 4 is 12.1 Å². The van der Waals surface area contributed by atoms with Gasteiger partial charge >= 0.3 is 0 Å². The number of benzene rings is 1. The number of carbonyl (C=O) groups excluding carboxylic acids is 1. The molecule has 110 valence electrons. The maximum atomic E-state index is 11.9. The molecule has 2 rings (SSSR count). The molecule has 0 aliphatic heterocycles. The summed E-state index contributed by atoms with van der Waals surface area (Å²) in [4.78, 5) is 11.9. The van der Waals surface area contributed by atoms with E-state index in [0.29, 0.717) is 11.3 Å². The summed E-state index contributed by atoms with van der Waals surface area (Å²) in [5, 5.41) is 3.85. The molecule has 1 aromatic heterocycles. The minimum absolute atomic E-state index is 0.103. The first-order valence-electron chi connectivity index (χ1n) is 6.71. The summed E-state index contributed by atoms with van der Waals surface area (Å²) in [5.74, 6) is 1.83. The Morgan fingerprint density at radius 3 is 2.52 bits per heavy atom. The van der Waals surface area contributed by atoms with Gasteiger partial charge in [-0.2, -0.15) is 5.10 Å². The molecule has 0 unspecified atom stereocenters. The highest BCUT2D eigenvalue weighted by Crippen LogP contribution is 2.13. The summed E-state index contributed by atoms with van der Waals surface area (Å²) in [5.41, 5.74) is 2.96. The molecular formula is C16H18N2O3. The van der Waals surface area contributed by atoms with Crippen molar-refractivity contribution in [1.29, 1.82) is 0 Å². The van der Waals surface area contributed by atoms with Crippen LogP contribution < -0.4 is 10.2 Å². The lowest BCUT2D eigenvalue weighted by molar-refractivity contribution is 0.0955. The topological polar surface area (TPSA) is 63.8 Å². The number of carbonyl (C=O) groups is 1. The smallest absolute Gasteiger partial charge is 0.271 e. The van der Waals surface area contributed by atoms with Gasteiger partial charge in [0.05, 0.1) is 12.3 Å². The third-order valence-electron chi connectivity index (χ3n) is 2.61. The fourth-order valence-electron chi connectivity index (χ4n) is 1.70. The molecule has 1 aromatic carbocycles. The average Bonchev–Trinajstić information content (AvgIpc) is 2.84. The van der Waals surface area contributed by atoms with Gasteiger partial charge in [-0.1, -0.05) is 0 Å². The SMILES string of the molecule is Cc1ccc(/C=N\NC(=O)c2ccc(OC(C)C)cc2)o1. The largest absolute Gasteiger partial charge is 0.491 e. The lowest BCUT2D eigenvalue weighted by Gasteiger charge is -2.09. The molecule has 5 nitrogen and oxygen atoms in total. The van der Waals surface area contributed by atoms with E-state index in [1.165, 1.54) is 6.21 Å². The molecule has 5 heteroatoms. The summed E-state index contributed by atoms with van der Waals surface area (Å²) < 4.78 is 10.8. The van der Waals surface area contributed by atoms with Crippen LogP contribution in [0.15, 0.2) is 45.9 Å². The Morgan fingerprint density at radius 1 is 1.24 bits per heavy atom. The Hall–Kier alpha value is -2.56. The van der Waals surface area contributed by atoms with E-state index in [2.05, 4.69) is 10.5 Å². The maximum Gasteiger partial charge on any atom is 0.271 e. The molecule has 0 bridgehead atoms. The molecule has 0 saturated heterocycles. The van der Waals surface area contributed by atoms with Crippen LogP contribution in [0.2, 0.25) is 0 Å². The van der Waals surface area contributed by atoms with Gasteiger partial charge in [-0.05, 0) is 57.2 Å². The first-order valence-corrected chi connectivity index (χ1v) is 6.71. The van der Waals surface area contributed by atoms with Crippen LogP contribution in [0, 0.1) is 6.92 Å². The molecule has 0 fully saturated rings. The van der Waals surface area contributed by atoms with Gasteiger partial charge in [0.1, 0.15) is 17.3 Å². The van der Waals surface area contributed by atoms with Crippen LogP contribution in [-0.4, -0.2) is 18.2 Å². The van der Waals surface area contributed by atoms with E-state index in [1.54, 1.807) is 30.3 Å². The molecule has 0 aliphatic rings. The van der Waals surface area contributed by atoms with Gasteiger partial charge in [0, 0.05) is 5.56 Å².